The zero-order valence-electron chi connectivity index (χ0n) is 14.7. The molecule has 0 aliphatic rings. The highest BCUT2D eigenvalue weighted by Crippen LogP contribution is 2.32. The van der Waals surface area contributed by atoms with E-state index in [0.29, 0.717) is 49.6 Å². The first-order valence-corrected chi connectivity index (χ1v) is 9.11. The lowest BCUT2D eigenvalue weighted by Gasteiger charge is -2.09. The molecule has 5 nitrogen and oxygen atoms in total. The molecule has 3 aromatic carbocycles. The molecule has 1 amide bonds. The van der Waals surface area contributed by atoms with Gasteiger partial charge in [-0.15, -0.1) is 0 Å². The van der Waals surface area contributed by atoms with E-state index in [9.17, 15) is 4.79 Å². The van der Waals surface area contributed by atoms with Crippen LogP contribution in [0.2, 0.25) is 10.0 Å². The molecule has 140 valence electrons. The van der Waals surface area contributed by atoms with Crippen molar-refractivity contribution in [2.24, 2.45) is 0 Å². The van der Waals surface area contributed by atoms with Crippen LogP contribution >= 0.6 is 23.2 Å². The van der Waals surface area contributed by atoms with Crippen LogP contribution in [-0.4, -0.2) is 18.0 Å². The third-order valence-corrected chi connectivity index (χ3v) is 4.63. The summed E-state index contributed by atoms with van der Waals surface area (Å²) >= 11 is 12.2. The van der Waals surface area contributed by atoms with Gasteiger partial charge in [-0.3, -0.25) is 4.79 Å². The summed E-state index contributed by atoms with van der Waals surface area (Å²) in [5, 5.41) is 3.73. The lowest BCUT2D eigenvalue weighted by atomic mass is 10.1. The Morgan fingerprint density at radius 2 is 1.89 bits per heavy atom. The van der Waals surface area contributed by atoms with Gasteiger partial charge in [0, 0.05) is 16.3 Å². The van der Waals surface area contributed by atoms with Crippen LogP contribution in [0.4, 0.5) is 5.69 Å². The van der Waals surface area contributed by atoms with Crippen molar-refractivity contribution in [3.8, 4) is 17.2 Å². The van der Waals surface area contributed by atoms with Gasteiger partial charge < -0.3 is 14.5 Å². The molecule has 7 heteroatoms. The zero-order valence-corrected chi connectivity index (χ0v) is 16.2. The molecule has 28 heavy (non-hydrogen) atoms. The number of halogens is 2. The Morgan fingerprint density at radius 3 is 2.71 bits per heavy atom. The van der Waals surface area contributed by atoms with Crippen LogP contribution < -0.4 is 10.1 Å². The molecule has 0 aliphatic carbocycles. The second-order valence-electron chi connectivity index (χ2n) is 5.99. The van der Waals surface area contributed by atoms with Gasteiger partial charge in [-0.05, 0) is 42.5 Å². The Kier molecular flexibility index (Phi) is 4.94. The first kappa shape index (κ1) is 18.3. The Morgan fingerprint density at radius 1 is 1.07 bits per heavy atom. The predicted molar refractivity (Wildman–Crippen MR) is 110 cm³/mol. The second kappa shape index (κ2) is 7.54. The monoisotopic (exact) mass is 412 g/mol. The number of nitrogens with zero attached hydrogens (tertiary/aromatic N) is 1. The smallest absolute Gasteiger partial charge is 0.259 e. The maximum Gasteiger partial charge on any atom is 0.259 e. The fraction of sp³-hybridized carbons (Fsp3) is 0.0476. The van der Waals surface area contributed by atoms with Crippen molar-refractivity contribution in [1.29, 1.82) is 0 Å². The molecule has 0 aliphatic heterocycles. The highest BCUT2D eigenvalue weighted by atomic mass is 35.5. The van der Waals surface area contributed by atoms with Crippen molar-refractivity contribution < 1.29 is 13.9 Å². The summed E-state index contributed by atoms with van der Waals surface area (Å²) < 4.78 is 11.0. The van der Waals surface area contributed by atoms with Gasteiger partial charge >= 0.3 is 0 Å². The summed E-state index contributed by atoms with van der Waals surface area (Å²) in [6, 6.07) is 17.5. The molecule has 1 heterocycles. The third-order valence-electron chi connectivity index (χ3n) is 4.13. The van der Waals surface area contributed by atoms with Crippen LogP contribution in [0.5, 0.6) is 5.75 Å². The van der Waals surface area contributed by atoms with Crippen molar-refractivity contribution in [3.05, 3.63) is 76.3 Å². The lowest BCUT2D eigenvalue weighted by molar-refractivity contribution is 0.102. The number of ether oxygens (including phenoxy) is 1. The molecule has 0 unspecified atom stereocenters. The number of para-hydroxylation sites is 1. The first-order chi connectivity index (χ1) is 13.5. The van der Waals surface area contributed by atoms with E-state index in [2.05, 4.69) is 10.3 Å². The minimum Gasteiger partial charge on any atom is -0.496 e. The molecule has 0 saturated carbocycles. The van der Waals surface area contributed by atoms with E-state index in [-0.39, 0.29) is 5.91 Å². The van der Waals surface area contributed by atoms with Crippen LogP contribution in [0, 0.1) is 0 Å². The summed E-state index contributed by atoms with van der Waals surface area (Å²) in [5.74, 6) is 0.608. The number of amides is 1. The average Bonchev–Trinajstić information content (AvgIpc) is 3.12. The summed E-state index contributed by atoms with van der Waals surface area (Å²) in [6.45, 7) is 0. The Balaban J connectivity index is 1.65. The maximum atomic E-state index is 12.6. The van der Waals surface area contributed by atoms with E-state index < -0.39 is 0 Å². The molecule has 0 fully saturated rings. The number of nitrogens with one attached hydrogen (secondary N) is 1. The van der Waals surface area contributed by atoms with Gasteiger partial charge in [0.25, 0.3) is 5.91 Å². The highest BCUT2D eigenvalue weighted by Gasteiger charge is 2.15. The number of fused-ring (bicyclic) bond motifs is 1. The first-order valence-electron chi connectivity index (χ1n) is 8.35. The van der Waals surface area contributed by atoms with Crippen molar-refractivity contribution in [2.45, 2.75) is 0 Å². The van der Waals surface area contributed by atoms with Gasteiger partial charge in [0.05, 0.1) is 17.7 Å². The van der Waals surface area contributed by atoms with Crippen LogP contribution in [-0.2, 0) is 0 Å². The molecular formula is C21H14Cl2N2O3. The SMILES string of the molecule is COc1ccccc1C(=O)Nc1cccc(-c2nc3cc(Cl)cc(Cl)c3o2)c1. The number of methoxy groups -OCH3 is 1. The van der Waals surface area contributed by atoms with Crippen molar-refractivity contribution in [3.63, 3.8) is 0 Å². The maximum absolute atomic E-state index is 12.6. The van der Waals surface area contributed by atoms with Gasteiger partial charge in [0.15, 0.2) is 5.58 Å². The summed E-state index contributed by atoms with van der Waals surface area (Å²) in [6.07, 6.45) is 0. The number of benzene rings is 3. The number of hydrogen-bond donors (Lipinski definition) is 1. The van der Waals surface area contributed by atoms with E-state index >= 15 is 0 Å². The van der Waals surface area contributed by atoms with Crippen molar-refractivity contribution in [1.82, 2.24) is 4.98 Å². The quantitative estimate of drug-likeness (QED) is 0.442. The second-order valence-corrected chi connectivity index (χ2v) is 6.83. The minimum absolute atomic E-state index is 0.276. The largest absolute Gasteiger partial charge is 0.496 e. The van der Waals surface area contributed by atoms with Crippen LogP contribution in [0.3, 0.4) is 0 Å². The van der Waals surface area contributed by atoms with Crippen LogP contribution in [0.25, 0.3) is 22.6 Å². The van der Waals surface area contributed by atoms with Crippen molar-refractivity contribution >= 4 is 45.9 Å². The van der Waals surface area contributed by atoms with Crippen LogP contribution in [0.1, 0.15) is 10.4 Å². The molecular weight excluding hydrogens is 399 g/mol. The Hall–Kier alpha value is -3.02. The number of aromatic nitrogens is 1. The molecule has 0 saturated heterocycles. The number of carbonyl (C=O) groups is 1. The Bertz CT molecular complexity index is 1190. The molecule has 1 aromatic heterocycles. The van der Waals surface area contributed by atoms with E-state index in [1.165, 1.54) is 7.11 Å². The normalized spacial score (nSPS) is 10.8. The number of rotatable bonds is 4. The van der Waals surface area contributed by atoms with E-state index in [0.717, 1.165) is 0 Å². The van der Waals surface area contributed by atoms with Crippen molar-refractivity contribution in [2.75, 3.05) is 12.4 Å². The Labute approximate surface area is 170 Å². The van der Waals surface area contributed by atoms with Gasteiger partial charge in [-0.25, -0.2) is 4.98 Å². The minimum atomic E-state index is -0.276. The van der Waals surface area contributed by atoms with Crippen LogP contribution in [0.15, 0.2) is 65.1 Å². The zero-order chi connectivity index (χ0) is 19.7. The number of hydrogen-bond acceptors (Lipinski definition) is 4. The van der Waals surface area contributed by atoms with E-state index in [4.69, 9.17) is 32.4 Å². The number of oxazole rings is 1. The molecule has 4 rings (SSSR count). The number of anilines is 1. The average molecular weight is 413 g/mol. The molecule has 4 aromatic rings. The highest BCUT2D eigenvalue weighted by molar-refractivity contribution is 6.38. The van der Waals surface area contributed by atoms with E-state index in [1.807, 2.05) is 6.07 Å². The molecule has 0 spiro atoms. The fourth-order valence-electron chi connectivity index (χ4n) is 2.84. The molecule has 1 N–H and O–H groups in total. The lowest BCUT2D eigenvalue weighted by Crippen LogP contribution is -2.13. The molecule has 0 bridgehead atoms. The molecule has 0 atom stereocenters. The number of carbonyl (C=O) groups excluding carboxylic acids is 1. The van der Waals surface area contributed by atoms with Gasteiger partial charge in [0.2, 0.25) is 5.89 Å². The fourth-order valence-corrected chi connectivity index (χ4v) is 3.37. The van der Waals surface area contributed by atoms with Gasteiger partial charge in [0.1, 0.15) is 11.3 Å². The van der Waals surface area contributed by atoms with Gasteiger partial charge in [-0.2, -0.15) is 0 Å². The molecule has 0 radical (unpaired) electrons. The summed E-state index contributed by atoms with van der Waals surface area (Å²) in [4.78, 5) is 17.0. The summed E-state index contributed by atoms with van der Waals surface area (Å²) in [7, 11) is 1.53. The topological polar surface area (TPSA) is 64.4 Å². The third kappa shape index (κ3) is 3.54. The van der Waals surface area contributed by atoms with Gasteiger partial charge in [-0.1, -0.05) is 41.4 Å². The standard InChI is InChI=1S/C21H14Cl2N2O3/c1-27-18-8-3-2-7-15(18)20(26)24-14-6-4-5-12(9-14)21-25-17-11-13(22)10-16(23)19(17)28-21/h2-11H,1H3,(H,24,26). The summed E-state index contributed by atoms with van der Waals surface area (Å²) in [5.41, 5.74) is 2.76. The predicted octanol–water partition coefficient (Wildman–Crippen LogP) is 6.06. The van der Waals surface area contributed by atoms with E-state index in [1.54, 1.807) is 54.6 Å².